The quantitative estimate of drug-likeness (QED) is 0.103. The Morgan fingerprint density at radius 2 is 1.25 bits per heavy atom. The molecule has 2 heterocycles. The highest BCUT2D eigenvalue weighted by molar-refractivity contribution is 6.31. The minimum absolute atomic E-state index is 0.220. The molecule has 0 atom stereocenters. The maximum Gasteiger partial charge on any atom is 0.205 e. The molecule has 0 N–H and O–H groups in total. The van der Waals surface area contributed by atoms with E-state index in [9.17, 15) is 4.79 Å². The number of unbranched alkanes of at least 4 members (excludes halogenated alkanes) is 1. The summed E-state index contributed by atoms with van der Waals surface area (Å²) in [4.78, 5) is 18.2. The van der Waals surface area contributed by atoms with Gasteiger partial charge in [0.2, 0.25) is 5.82 Å². The molecule has 0 radical (unpaired) electrons. The Morgan fingerprint density at radius 1 is 0.708 bits per heavy atom. The molecule has 0 aliphatic heterocycles. The summed E-state index contributed by atoms with van der Waals surface area (Å²) in [5, 5.41) is 14.8. The molecule has 8 heteroatoms. The Balaban J connectivity index is 1.33. The fourth-order valence-corrected chi connectivity index (χ4v) is 6.64. The lowest BCUT2D eigenvalue weighted by Crippen LogP contribution is -2.39. The van der Waals surface area contributed by atoms with Crippen LogP contribution in [0.1, 0.15) is 52.8 Å². The van der Waals surface area contributed by atoms with Crippen molar-refractivity contribution >= 4 is 17.9 Å². The SMILES string of the molecule is CCCCc1nc(Cl)c(C=O)n1-c1ccc(-c2ccccc2-c2nnn(C(c3ccccc3)(c3ccccc3)c3ccccc3)n2)cc1. The van der Waals surface area contributed by atoms with Crippen molar-refractivity contribution in [2.75, 3.05) is 0 Å². The molecule has 7 rings (SSSR count). The highest BCUT2D eigenvalue weighted by atomic mass is 35.5. The number of imidazole rings is 1. The summed E-state index contributed by atoms with van der Waals surface area (Å²) in [6.45, 7) is 2.13. The van der Waals surface area contributed by atoms with Crippen LogP contribution in [0.5, 0.6) is 0 Å². The number of tetrazole rings is 1. The van der Waals surface area contributed by atoms with Crippen LogP contribution in [0.2, 0.25) is 5.15 Å². The van der Waals surface area contributed by atoms with Gasteiger partial charge in [0.1, 0.15) is 11.5 Å². The first-order valence-corrected chi connectivity index (χ1v) is 16.4. The zero-order valence-electron chi connectivity index (χ0n) is 26.4. The second-order valence-electron chi connectivity index (χ2n) is 11.6. The van der Waals surface area contributed by atoms with E-state index in [1.54, 1.807) is 4.80 Å². The van der Waals surface area contributed by atoms with Crippen molar-refractivity contribution in [3.05, 3.63) is 173 Å². The van der Waals surface area contributed by atoms with E-state index in [4.69, 9.17) is 21.9 Å². The highest BCUT2D eigenvalue weighted by Gasteiger charge is 2.41. The predicted octanol–water partition coefficient (Wildman–Crippen LogP) is 8.84. The average Bonchev–Trinajstić information content (AvgIpc) is 3.77. The fraction of sp³-hybridized carbons (Fsp3) is 0.125. The van der Waals surface area contributed by atoms with Gasteiger partial charge in [0.25, 0.3) is 0 Å². The maximum atomic E-state index is 12.0. The minimum atomic E-state index is -0.872. The van der Waals surface area contributed by atoms with Gasteiger partial charge in [0.15, 0.2) is 17.0 Å². The summed E-state index contributed by atoms with van der Waals surface area (Å²) in [5.41, 5.74) is 6.14. The summed E-state index contributed by atoms with van der Waals surface area (Å²) in [7, 11) is 0. The van der Waals surface area contributed by atoms with Crippen LogP contribution in [0.15, 0.2) is 140 Å². The summed E-state index contributed by atoms with van der Waals surface area (Å²) >= 11 is 6.36. The zero-order valence-corrected chi connectivity index (χ0v) is 27.2. The lowest BCUT2D eigenvalue weighted by Gasteiger charge is -2.34. The summed E-state index contributed by atoms with van der Waals surface area (Å²) in [6.07, 6.45) is 3.46. The molecule has 2 aromatic heterocycles. The third-order valence-corrected chi connectivity index (χ3v) is 8.97. The van der Waals surface area contributed by atoms with Gasteiger partial charge >= 0.3 is 0 Å². The molecule has 0 spiro atoms. The second-order valence-corrected chi connectivity index (χ2v) is 11.9. The van der Waals surface area contributed by atoms with Crippen LogP contribution < -0.4 is 0 Å². The molecule has 236 valence electrons. The zero-order chi connectivity index (χ0) is 32.9. The standard InChI is InChI=1S/C40H33ClN6O/c1-2-3-23-37-42-38(41)36(28-48)46(37)33-26-24-29(25-27-33)34-21-13-14-22-35(34)39-43-45-47(44-39)40(30-15-7-4-8-16-30,31-17-9-5-10-18-31)32-19-11-6-12-20-32/h4-22,24-28H,2-3,23H2,1H3. The molecule has 0 saturated heterocycles. The van der Waals surface area contributed by atoms with Gasteiger partial charge in [-0.25, -0.2) is 4.98 Å². The first-order valence-electron chi connectivity index (χ1n) is 16.0. The number of rotatable bonds is 11. The number of hydrogen-bond donors (Lipinski definition) is 0. The minimum Gasteiger partial charge on any atom is -0.296 e. The molecule has 5 aromatic carbocycles. The first-order chi connectivity index (χ1) is 23.6. The number of hydrogen-bond acceptors (Lipinski definition) is 5. The molecule has 0 unspecified atom stereocenters. The van der Waals surface area contributed by atoms with Crippen molar-refractivity contribution in [2.45, 2.75) is 31.7 Å². The highest BCUT2D eigenvalue weighted by Crippen LogP contribution is 2.40. The molecule has 7 nitrogen and oxygen atoms in total. The van der Waals surface area contributed by atoms with Crippen molar-refractivity contribution < 1.29 is 4.79 Å². The fourth-order valence-electron chi connectivity index (χ4n) is 6.41. The Hall–Kier alpha value is -5.66. The summed E-state index contributed by atoms with van der Waals surface area (Å²) in [5.74, 6) is 1.28. The molecule has 0 bridgehead atoms. The second kappa shape index (κ2) is 13.6. The number of aryl methyl sites for hydroxylation is 1. The van der Waals surface area contributed by atoms with Crippen molar-refractivity contribution in [1.82, 2.24) is 29.8 Å². The van der Waals surface area contributed by atoms with Gasteiger partial charge in [0.05, 0.1) is 0 Å². The van der Waals surface area contributed by atoms with Gasteiger partial charge in [-0.15, -0.1) is 15.0 Å². The topological polar surface area (TPSA) is 78.5 Å². The third-order valence-electron chi connectivity index (χ3n) is 8.70. The largest absolute Gasteiger partial charge is 0.296 e. The Morgan fingerprint density at radius 3 is 1.79 bits per heavy atom. The maximum absolute atomic E-state index is 12.0. The van der Waals surface area contributed by atoms with E-state index in [0.29, 0.717) is 11.5 Å². The Labute approximate surface area is 284 Å². The number of benzene rings is 5. The summed E-state index contributed by atoms with van der Waals surface area (Å²) in [6, 6.07) is 47.0. The van der Waals surface area contributed by atoms with Gasteiger partial charge in [-0.2, -0.15) is 0 Å². The van der Waals surface area contributed by atoms with E-state index in [0.717, 1.165) is 70.4 Å². The van der Waals surface area contributed by atoms with Crippen LogP contribution >= 0.6 is 11.6 Å². The van der Waals surface area contributed by atoms with Crippen LogP contribution in [0, 0.1) is 0 Å². The number of nitrogens with zero attached hydrogens (tertiary/aromatic N) is 6. The molecular formula is C40H33ClN6O. The monoisotopic (exact) mass is 648 g/mol. The Bertz CT molecular complexity index is 2050. The number of aldehydes is 1. The molecule has 0 aliphatic carbocycles. The van der Waals surface area contributed by atoms with Crippen molar-refractivity contribution in [3.8, 4) is 28.2 Å². The van der Waals surface area contributed by atoms with Gasteiger partial charge in [0, 0.05) is 17.7 Å². The lowest BCUT2D eigenvalue weighted by molar-refractivity contribution is 0.111. The molecule has 7 aromatic rings. The van der Waals surface area contributed by atoms with E-state index >= 15 is 0 Å². The van der Waals surface area contributed by atoms with Gasteiger partial charge in [-0.3, -0.25) is 9.36 Å². The third kappa shape index (κ3) is 5.52. The smallest absolute Gasteiger partial charge is 0.205 e. The van der Waals surface area contributed by atoms with Gasteiger partial charge in [-0.05, 0) is 51.6 Å². The van der Waals surface area contributed by atoms with E-state index in [-0.39, 0.29) is 5.15 Å². The summed E-state index contributed by atoms with van der Waals surface area (Å²) < 4.78 is 1.85. The predicted molar refractivity (Wildman–Crippen MR) is 189 cm³/mol. The lowest BCUT2D eigenvalue weighted by atomic mass is 9.77. The normalized spacial score (nSPS) is 11.5. The number of aromatic nitrogens is 6. The molecule has 0 fully saturated rings. The van der Waals surface area contributed by atoms with Crippen molar-refractivity contribution in [1.29, 1.82) is 0 Å². The molecular weight excluding hydrogens is 616 g/mol. The van der Waals surface area contributed by atoms with Crippen molar-refractivity contribution in [2.24, 2.45) is 0 Å². The van der Waals surface area contributed by atoms with Gasteiger partial charge in [-0.1, -0.05) is 152 Å². The van der Waals surface area contributed by atoms with E-state index in [1.807, 2.05) is 102 Å². The van der Waals surface area contributed by atoms with Crippen molar-refractivity contribution in [3.63, 3.8) is 0 Å². The molecule has 0 amide bonds. The van der Waals surface area contributed by atoms with Crippen LogP contribution in [-0.2, 0) is 12.0 Å². The van der Waals surface area contributed by atoms with Crippen LogP contribution in [0.25, 0.3) is 28.2 Å². The number of carbonyl (C=O) groups is 1. The number of carbonyl (C=O) groups excluding carboxylic acids is 1. The van der Waals surface area contributed by atoms with Gasteiger partial charge < -0.3 is 0 Å². The van der Waals surface area contributed by atoms with E-state index < -0.39 is 5.54 Å². The average molecular weight is 649 g/mol. The van der Waals surface area contributed by atoms with E-state index in [2.05, 4.69) is 59.5 Å². The first kappa shape index (κ1) is 31.0. The number of halogens is 1. The van der Waals surface area contributed by atoms with Crippen LogP contribution in [0.4, 0.5) is 0 Å². The molecule has 0 aliphatic rings. The Kier molecular flexibility index (Phi) is 8.77. The van der Waals surface area contributed by atoms with Crippen LogP contribution in [0.3, 0.4) is 0 Å². The molecule has 48 heavy (non-hydrogen) atoms. The molecule has 0 saturated carbocycles. The van der Waals surface area contributed by atoms with Crippen LogP contribution in [-0.4, -0.2) is 36.0 Å². The van der Waals surface area contributed by atoms with E-state index in [1.165, 1.54) is 0 Å².